The first kappa shape index (κ1) is 13.7. The fourth-order valence-corrected chi connectivity index (χ4v) is 4.43. The Labute approximate surface area is 119 Å². The molecule has 0 radical (unpaired) electrons. The molecule has 2 aliphatic rings. The van der Waals surface area contributed by atoms with Gasteiger partial charge in [-0.1, -0.05) is 6.42 Å². The smallest absolute Gasteiger partial charge is 0.243 e. The highest BCUT2D eigenvalue weighted by Crippen LogP contribution is 2.36. The third-order valence-corrected chi connectivity index (χ3v) is 5.81. The van der Waals surface area contributed by atoms with Crippen LogP contribution in [0.3, 0.4) is 0 Å². The summed E-state index contributed by atoms with van der Waals surface area (Å²) in [6, 6.07) is 3.36. The van der Waals surface area contributed by atoms with Crippen LogP contribution in [0.2, 0.25) is 0 Å². The quantitative estimate of drug-likeness (QED) is 0.837. The third kappa shape index (κ3) is 2.38. The van der Waals surface area contributed by atoms with Crippen LogP contribution >= 0.6 is 0 Å². The van der Waals surface area contributed by atoms with E-state index in [4.69, 9.17) is 9.47 Å². The molecule has 2 aliphatic heterocycles. The lowest BCUT2D eigenvalue weighted by molar-refractivity contribution is 0.171. The SMILES string of the molecule is Cc1cc2c(cc1S(=O)(=O)N1CCCCC1)OCCO2. The summed E-state index contributed by atoms with van der Waals surface area (Å²) >= 11 is 0. The highest BCUT2D eigenvalue weighted by Gasteiger charge is 2.29. The number of aryl methyl sites for hydroxylation is 1. The summed E-state index contributed by atoms with van der Waals surface area (Å²) in [4.78, 5) is 0.337. The summed E-state index contributed by atoms with van der Waals surface area (Å²) in [5.74, 6) is 1.16. The van der Waals surface area contributed by atoms with Gasteiger partial charge in [0, 0.05) is 19.2 Å². The van der Waals surface area contributed by atoms with Crippen molar-refractivity contribution in [2.45, 2.75) is 31.1 Å². The molecule has 1 fully saturated rings. The van der Waals surface area contributed by atoms with Crippen LogP contribution in [0.5, 0.6) is 11.5 Å². The molecular formula is C14H19NO4S. The van der Waals surface area contributed by atoms with E-state index in [1.54, 1.807) is 23.4 Å². The van der Waals surface area contributed by atoms with Crippen LogP contribution in [0.1, 0.15) is 24.8 Å². The summed E-state index contributed by atoms with van der Waals surface area (Å²) in [5, 5.41) is 0. The maximum Gasteiger partial charge on any atom is 0.243 e. The van der Waals surface area contributed by atoms with Gasteiger partial charge in [-0.05, 0) is 31.4 Å². The number of piperidine rings is 1. The van der Waals surface area contributed by atoms with E-state index >= 15 is 0 Å². The van der Waals surface area contributed by atoms with Gasteiger partial charge in [-0.3, -0.25) is 0 Å². The Kier molecular flexibility index (Phi) is 3.60. The van der Waals surface area contributed by atoms with Crippen molar-refractivity contribution in [3.63, 3.8) is 0 Å². The van der Waals surface area contributed by atoms with Gasteiger partial charge >= 0.3 is 0 Å². The standard InChI is InChI=1S/C14H19NO4S/c1-11-9-12-13(19-8-7-18-12)10-14(11)20(16,17)15-5-3-2-4-6-15/h9-10H,2-8H2,1H3. The number of hydrogen-bond acceptors (Lipinski definition) is 4. The summed E-state index contributed by atoms with van der Waals surface area (Å²) in [7, 11) is -3.43. The molecule has 1 saturated heterocycles. The van der Waals surface area contributed by atoms with E-state index in [9.17, 15) is 8.42 Å². The van der Waals surface area contributed by atoms with Crippen molar-refractivity contribution in [3.05, 3.63) is 17.7 Å². The number of nitrogens with zero attached hydrogens (tertiary/aromatic N) is 1. The number of fused-ring (bicyclic) bond motifs is 1. The Bertz CT molecular complexity index is 606. The monoisotopic (exact) mass is 297 g/mol. The van der Waals surface area contributed by atoms with Gasteiger partial charge in [0.15, 0.2) is 11.5 Å². The molecule has 0 saturated carbocycles. The number of hydrogen-bond donors (Lipinski definition) is 0. The van der Waals surface area contributed by atoms with Crippen molar-refractivity contribution in [2.75, 3.05) is 26.3 Å². The lowest BCUT2D eigenvalue weighted by atomic mass is 10.2. The summed E-state index contributed by atoms with van der Waals surface area (Å²) in [5.41, 5.74) is 0.708. The van der Waals surface area contributed by atoms with E-state index in [0.717, 1.165) is 19.3 Å². The van der Waals surface area contributed by atoms with Crippen LogP contribution in [0.4, 0.5) is 0 Å². The van der Waals surface area contributed by atoms with Crippen LogP contribution in [0.25, 0.3) is 0 Å². The van der Waals surface area contributed by atoms with Crippen LogP contribution in [0, 0.1) is 6.92 Å². The Morgan fingerprint density at radius 2 is 1.60 bits per heavy atom. The molecule has 2 heterocycles. The second-order valence-electron chi connectivity index (χ2n) is 5.23. The molecule has 0 atom stereocenters. The highest BCUT2D eigenvalue weighted by atomic mass is 32.2. The van der Waals surface area contributed by atoms with Crippen molar-refractivity contribution >= 4 is 10.0 Å². The van der Waals surface area contributed by atoms with Gasteiger partial charge in [0.2, 0.25) is 10.0 Å². The zero-order valence-corrected chi connectivity index (χ0v) is 12.4. The van der Waals surface area contributed by atoms with Gasteiger partial charge in [0.25, 0.3) is 0 Å². The minimum absolute atomic E-state index is 0.337. The van der Waals surface area contributed by atoms with Crippen molar-refractivity contribution in [1.29, 1.82) is 0 Å². The van der Waals surface area contributed by atoms with E-state index in [2.05, 4.69) is 0 Å². The molecule has 0 unspecified atom stereocenters. The van der Waals surface area contributed by atoms with Gasteiger partial charge in [-0.2, -0.15) is 4.31 Å². The molecule has 3 rings (SSSR count). The number of benzene rings is 1. The number of ether oxygens (including phenoxy) is 2. The molecule has 1 aromatic rings. The van der Waals surface area contributed by atoms with Crippen LogP contribution in [-0.2, 0) is 10.0 Å². The van der Waals surface area contributed by atoms with E-state index in [-0.39, 0.29) is 0 Å². The zero-order valence-electron chi connectivity index (χ0n) is 11.6. The van der Waals surface area contributed by atoms with E-state index in [1.807, 2.05) is 0 Å². The number of rotatable bonds is 2. The molecular weight excluding hydrogens is 278 g/mol. The molecule has 5 nitrogen and oxygen atoms in total. The Morgan fingerprint density at radius 1 is 1.00 bits per heavy atom. The first-order valence-corrected chi connectivity index (χ1v) is 8.43. The predicted molar refractivity (Wildman–Crippen MR) is 74.8 cm³/mol. The lowest BCUT2D eigenvalue weighted by Crippen LogP contribution is -2.36. The van der Waals surface area contributed by atoms with Crippen LogP contribution in [-0.4, -0.2) is 39.0 Å². The molecule has 0 aromatic heterocycles. The second kappa shape index (κ2) is 5.26. The van der Waals surface area contributed by atoms with E-state index in [0.29, 0.717) is 48.3 Å². The third-order valence-electron chi connectivity index (χ3n) is 3.77. The maximum absolute atomic E-state index is 12.7. The van der Waals surface area contributed by atoms with Gasteiger partial charge < -0.3 is 9.47 Å². The second-order valence-corrected chi connectivity index (χ2v) is 7.13. The Morgan fingerprint density at radius 3 is 2.25 bits per heavy atom. The van der Waals surface area contributed by atoms with Gasteiger partial charge in [-0.25, -0.2) is 8.42 Å². The Balaban J connectivity index is 2.00. The highest BCUT2D eigenvalue weighted by molar-refractivity contribution is 7.89. The molecule has 0 bridgehead atoms. The van der Waals surface area contributed by atoms with Gasteiger partial charge in [0.1, 0.15) is 13.2 Å². The van der Waals surface area contributed by atoms with Crippen molar-refractivity contribution in [2.24, 2.45) is 0 Å². The topological polar surface area (TPSA) is 55.8 Å². The Hall–Kier alpha value is -1.27. The summed E-state index contributed by atoms with van der Waals surface area (Å²) in [6.45, 7) is 3.98. The zero-order chi connectivity index (χ0) is 14.2. The molecule has 0 aliphatic carbocycles. The molecule has 0 spiro atoms. The fourth-order valence-electron chi connectivity index (χ4n) is 2.69. The minimum atomic E-state index is -3.43. The molecule has 0 N–H and O–H groups in total. The lowest BCUT2D eigenvalue weighted by Gasteiger charge is -2.27. The molecule has 110 valence electrons. The fraction of sp³-hybridized carbons (Fsp3) is 0.571. The van der Waals surface area contributed by atoms with Crippen molar-refractivity contribution in [1.82, 2.24) is 4.31 Å². The van der Waals surface area contributed by atoms with Gasteiger partial charge in [0.05, 0.1) is 4.90 Å². The van der Waals surface area contributed by atoms with Gasteiger partial charge in [-0.15, -0.1) is 0 Å². The van der Waals surface area contributed by atoms with Crippen molar-refractivity contribution < 1.29 is 17.9 Å². The average molecular weight is 297 g/mol. The van der Waals surface area contributed by atoms with Crippen LogP contribution < -0.4 is 9.47 Å². The largest absolute Gasteiger partial charge is 0.486 e. The van der Waals surface area contributed by atoms with Crippen molar-refractivity contribution in [3.8, 4) is 11.5 Å². The molecule has 0 amide bonds. The minimum Gasteiger partial charge on any atom is -0.486 e. The average Bonchev–Trinajstić information content (AvgIpc) is 2.47. The maximum atomic E-state index is 12.7. The first-order valence-electron chi connectivity index (χ1n) is 6.99. The normalized spacial score (nSPS) is 19.9. The molecule has 20 heavy (non-hydrogen) atoms. The predicted octanol–water partition coefficient (Wildman–Crippen LogP) is 1.94. The van der Waals surface area contributed by atoms with E-state index in [1.165, 1.54) is 0 Å². The molecule has 1 aromatic carbocycles. The van der Waals surface area contributed by atoms with Crippen LogP contribution in [0.15, 0.2) is 17.0 Å². The summed E-state index contributed by atoms with van der Waals surface area (Å²) < 4.78 is 38.0. The molecule has 6 heteroatoms. The van der Waals surface area contributed by atoms with E-state index < -0.39 is 10.0 Å². The number of sulfonamides is 1. The summed E-state index contributed by atoms with van der Waals surface area (Å²) in [6.07, 6.45) is 2.97. The first-order chi connectivity index (χ1) is 9.59.